The molecule has 2 saturated carbocycles. The zero-order valence-corrected chi connectivity index (χ0v) is 20.0. The van der Waals surface area contributed by atoms with Gasteiger partial charge in [-0.15, -0.1) is 0 Å². The molecule has 0 saturated heterocycles. The number of amides is 2. The van der Waals surface area contributed by atoms with Gasteiger partial charge in [0.2, 0.25) is 11.8 Å². The molecule has 3 N–H and O–H groups in total. The van der Waals surface area contributed by atoms with Crippen LogP contribution in [-0.2, 0) is 20.9 Å². The number of ether oxygens (including phenoxy) is 1. The Kier molecular flexibility index (Phi) is 10.2. The molecule has 2 aliphatic carbocycles. The molecule has 2 fully saturated rings. The maximum absolute atomic E-state index is 13.0. The first-order valence-electron chi connectivity index (χ1n) is 12.0. The zero-order valence-electron chi connectivity index (χ0n) is 19.2. The number of hydrogen-bond donors (Lipinski definition) is 3. The lowest BCUT2D eigenvalue weighted by atomic mass is 9.86. The molecule has 0 aromatic heterocycles. The number of nitrogens with one attached hydrogen (secondary N) is 2. The van der Waals surface area contributed by atoms with Crippen molar-refractivity contribution in [2.24, 2.45) is 11.8 Å². The summed E-state index contributed by atoms with van der Waals surface area (Å²) in [5.41, 5.74) is 0.911. The summed E-state index contributed by atoms with van der Waals surface area (Å²) in [5, 5.41) is 15.4. The first-order valence-corrected chi connectivity index (χ1v) is 13.2. The smallest absolute Gasteiger partial charge is 0.243 e. The van der Waals surface area contributed by atoms with Crippen molar-refractivity contribution < 1.29 is 19.4 Å². The maximum atomic E-state index is 13.0. The second-order valence-corrected chi connectivity index (χ2v) is 10.3. The highest BCUT2D eigenvalue weighted by atomic mass is 32.2. The second-order valence-electron chi connectivity index (χ2n) is 9.20. The van der Waals surface area contributed by atoms with E-state index in [-0.39, 0.29) is 29.6 Å². The second kappa shape index (κ2) is 13.1. The van der Waals surface area contributed by atoms with Crippen LogP contribution in [-0.4, -0.2) is 47.7 Å². The molecule has 7 heteroatoms. The minimum absolute atomic E-state index is 0.0115. The van der Waals surface area contributed by atoms with Crippen LogP contribution in [0.15, 0.2) is 24.3 Å². The fourth-order valence-electron chi connectivity index (χ4n) is 4.67. The molecule has 32 heavy (non-hydrogen) atoms. The first-order chi connectivity index (χ1) is 15.5. The maximum Gasteiger partial charge on any atom is 0.243 e. The van der Waals surface area contributed by atoms with Crippen molar-refractivity contribution in [2.45, 2.75) is 76.5 Å². The van der Waals surface area contributed by atoms with E-state index in [4.69, 9.17) is 4.74 Å². The van der Waals surface area contributed by atoms with Crippen LogP contribution in [0.1, 0.15) is 63.4 Å². The van der Waals surface area contributed by atoms with Crippen LogP contribution in [0.3, 0.4) is 0 Å². The summed E-state index contributed by atoms with van der Waals surface area (Å²) in [6.07, 6.45) is 10.2. The summed E-state index contributed by atoms with van der Waals surface area (Å²) in [7, 11) is 1.73. The third kappa shape index (κ3) is 8.00. The molecule has 1 aromatic rings. The minimum Gasteiger partial charge on any atom is -0.508 e. The number of phenolic OH excluding ortho intramolecular Hbond substituents is 1. The van der Waals surface area contributed by atoms with E-state index >= 15 is 0 Å². The standard InChI is InChI=1S/C25H38N2O4S/c1-31-22-13-9-20(10-14-22)24(29)27-23(17-32-16-19-5-3-2-4-6-19)25(30)26-15-18-7-11-21(28)12-8-18/h7-8,11-12,19-20,22-23,28H,2-6,9-10,13-17H2,1H3,(H,26,30)(H,27,29)/t20?,22?,23-/m0/s1. The zero-order chi connectivity index (χ0) is 22.8. The molecule has 0 radical (unpaired) electrons. The molecular formula is C25H38N2O4S. The summed E-state index contributed by atoms with van der Waals surface area (Å²) in [5.74, 6) is 2.38. The summed E-state index contributed by atoms with van der Waals surface area (Å²) < 4.78 is 5.42. The van der Waals surface area contributed by atoms with Gasteiger partial charge in [0.15, 0.2) is 0 Å². The lowest BCUT2D eigenvalue weighted by molar-refractivity contribution is -0.131. The Hall–Kier alpha value is -1.73. The molecule has 1 atom stereocenters. The van der Waals surface area contributed by atoms with Gasteiger partial charge in [-0.05, 0) is 67.9 Å². The van der Waals surface area contributed by atoms with Gasteiger partial charge in [-0.1, -0.05) is 31.4 Å². The molecule has 6 nitrogen and oxygen atoms in total. The quantitative estimate of drug-likeness (QED) is 0.489. The van der Waals surface area contributed by atoms with Crippen molar-refractivity contribution in [3.63, 3.8) is 0 Å². The highest BCUT2D eigenvalue weighted by Gasteiger charge is 2.29. The monoisotopic (exact) mass is 462 g/mol. The van der Waals surface area contributed by atoms with Gasteiger partial charge in [-0.2, -0.15) is 11.8 Å². The lowest BCUT2D eigenvalue weighted by Gasteiger charge is -2.28. The minimum atomic E-state index is -0.534. The number of thioether (sulfide) groups is 1. The van der Waals surface area contributed by atoms with Gasteiger partial charge in [0.25, 0.3) is 0 Å². The Labute approximate surface area is 196 Å². The van der Waals surface area contributed by atoms with Crippen LogP contribution in [0.2, 0.25) is 0 Å². The Bertz CT molecular complexity index is 713. The topological polar surface area (TPSA) is 87.7 Å². The number of carbonyl (C=O) groups is 2. The predicted molar refractivity (Wildman–Crippen MR) is 129 cm³/mol. The van der Waals surface area contributed by atoms with Crippen LogP contribution >= 0.6 is 11.8 Å². The average molecular weight is 463 g/mol. The van der Waals surface area contributed by atoms with Crippen molar-refractivity contribution in [2.75, 3.05) is 18.6 Å². The number of aromatic hydroxyl groups is 1. The molecular weight excluding hydrogens is 424 g/mol. The van der Waals surface area contributed by atoms with Gasteiger partial charge in [-0.25, -0.2) is 0 Å². The summed E-state index contributed by atoms with van der Waals surface area (Å²) in [6.45, 7) is 0.373. The van der Waals surface area contributed by atoms with E-state index in [2.05, 4.69) is 10.6 Å². The number of hydrogen-bond acceptors (Lipinski definition) is 5. The van der Waals surface area contributed by atoms with Crippen LogP contribution in [0.25, 0.3) is 0 Å². The van der Waals surface area contributed by atoms with Crippen LogP contribution in [0, 0.1) is 11.8 Å². The third-order valence-electron chi connectivity index (χ3n) is 6.78. The van der Waals surface area contributed by atoms with E-state index in [1.165, 1.54) is 32.1 Å². The molecule has 0 spiro atoms. The molecule has 2 aliphatic rings. The van der Waals surface area contributed by atoms with E-state index in [9.17, 15) is 14.7 Å². The molecule has 0 bridgehead atoms. The average Bonchev–Trinajstić information content (AvgIpc) is 2.83. The number of phenols is 1. The highest BCUT2D eigenvalue weighted by molar-refractivity contribution is 7.99. The lowest BCUT2D eigenvalue weighted by Crippen LogP contribution is -2.50. The van der Waals surface area contributed by atoms with Crippen LogP contribution < -0.4 is 10.6 Å². The fraction of sp³-hybridized carbons (Fsp3) is 0.680. The van der Waals surface area contributed by atoms with Crippen molar-refractivity contribution in [1.82, 2.24) is 10.6 Å². The van der Waals surface area contributed by atoms with Crippen molar-refractivity contribution in [3.05, 3.63) is 29.8 Å². The van der Waals surface area contributed by atoms with Crippen LogP contribution in [0.4, 0.5) is 0 Å². The van der Waals surface area contributed by atoms with Crippen molar-refractivity contribution >= 4 is 23.6 Å². The van der Waals surface area contributed by atoms with Crippen molar-refractivity contribution in [1.29, 1.82) is 0 Å². The molecule has 0 aliphatic heterocycles. The summed E-state index contributed by atoms with van der Waals surface area (Å²) >= 11 is 1.78. The van der Waals surface area contributed by atoms with Gasteiger partial charge in [-0.3, -0.25) is 9.59 Å². The summed E-state index contributed by atoms with van der Waals surface area (Å²) in [4.78, 5) is 25.9. The van der Waals surface area contributed by atoms with Gasteiger partial charge in [0, 0.05) is 25.3 Å². The Morgan fingerprint density at radius 2 is 1.75 bits per heavy atom. The Morgan fingerprint density at radius 1 is 1.06 bits per heavy atom. The van der Waals surface area contributed by atoms with E-state index in [1.54, 1.807) is 43.1 Å². The van der Waals surface area contributed by atoms with Crippen molar-refractivity contribution in [3.8, 4) is 5.75 Å². The molecule has 0 unspecified atom stereocenters. The molecule has 0 heterocycles. The Balaban J connectivity index is 1.53. The predicted octanol–water partition coefficient (Wildman–Crippen LogP) is 4.01. The fourth-order valence-corrected chi connectivity index (χ4v) is 5.94. The third-order valence-corrected chi connectivity index (χ3v) is 8.05. The van der Waals surface area contributed by atoms with E-state index in [1.807, 2.05) is 0 Å². The van der Waals surface area contributed by atoms with E-state index < -0.39 is 6.04 Å². The summed E-state index contributed by atoms with van der Waals surface area (Å²) in [6, 6.07) is 6.26. The molecule has 178 valence electrons. The highest BCUT2D eigenvalue weighted by Crippen LogP contribution is 2.28. The van der Waals surface area contributed by atoms with Gasteiger partial charge >= 0.3 is 0 Å². The Morgan fingerprint density at radius 3 is 2.41 bits per heavy atom. The van der Waals surface area contributed by atoms with Gasteiger partial charge < -0.3 is 20.5 Å². The largest absolute Gasteiger partial charge is 0.508 e. The molecule has 1 aromatic carbocycles. The normalized spacial score (nSPS) is 22.8. The first kappa shape index (κ1) is 24.9. The van der Waals surface area contributed by atoms with Gasteiger partial charge in [0.1, 0.15) is 11.8 Å². The van der Waals surface area contributed by atoms with E-state index in [0.29, 0.717) is 12.3 Å². The number of benzene rings is 1. The SMILES string of the molecule is COC1CCC(C(=O)N[C@@H](CSCC2CCCCC2)C(=O)NCc2ccc(O)cc2)CC1. The molecule has 2 amide bonds. The number of rotatable bonds is 10. The van der Waals surface area contributed by atoms with Gasteiger partial charge in [0.05, 0.1) is 6.10 Å². The van der Waals surface area contributed by atoms with E-state index in [0.717, 1.165) is 42.9 Å². The molecule has 3 rings (SSSR count). The number of methoxy groups -OCH3 is 1. The number of carbonyl (C=O) groups excluding carboxylic acids is 2. The van der Waals surface area contributed by atoms with Crippen LogP contribution in [0.5, 0.6) is 5.75 Å².